The van der Waals surface area contributed by atoms with Gasteiger partial charge in [-0.2, -0.15) is 18.3 Å². The highest BCUT2D eigenvalue weighted by molar-refractivity contribution is 7.88. The van der Waals surface area contributed by atoms with E-state index in [9.17, 15) is 31.5 Å². The second-order valence-corrected chi connectivity index (χ2v) is 12.6. The molecule has 1 heterocycles. The summed E-state index contributed by atoms with van der Waals surface area (Å²) in [6.07, 6.45) is 3.61. The molecule has 4 aliphatic rings. The summed E-state index contributed by atoms with van der Waals surface area (Å²) in [7, 11) is -3.60. The van der Waals surface area contributed by atoms with Crippen LogP contribution in [0.3, 0.4) is 0 Å². The quantitative estimate of drug-likeness (QED) is 0.528. The van der Waals surface area contributed by atoms with Crippen molar-refractivity contribution in [2.75, 3.05) is 12.9 Å². The summed E-state index contributed by atoms with van der Waals surface area (Å²) in [5.74, 6) is -0.0275. The van der Waals surface area contributed by atoms with E-state index in [-0.39, 0.29) is 29.9 Å². The number of sulfonamides is 1. The van der Waals surface area contributed by atoms with Crippen molar-refractivity contribution in [3.05, 3.63) is 23.5 Å². The molecule has 1 aromatic heterocycles. The number of nitrogens with zero attached hydrogens (tertiary/aromatic N) is 2. The van der Waals surface area contributed by atoms with E-state index in [1.165, 1.54) is 19.9 Å². The molecule has 0 spiro atoms. The summed E-state index contributed by atoms with van der Waals surface area (Å²) < 4.78 is 67.7. The van der Waals surface area contributed by atoms with Crippen LogP contribution in [-0.2, 0) is 16.2 Å². The Hall–Kier alpha value is -1.92. The lowest BCUT2D eigenvalue weighted by atomic mass is 9.48. The van der Waals surface area contributed by atoms with Crippen LogP contribution in [0.15, 0.2) is 12.3 Å². The van der Waals surface area contributed by atoms with Crippen LogP contribution < -0.4 is 10.0 Å². The molecule has 0 saturated heterocycles. The number of alkyl halides is 3. The van der Waals surface area contributed by atoms with Crippen LogP contribution in [0.4, 0.5) is 13.2 Å². The average molecular weight is 505 g/mol. The van der Waals surface area contributed by atoms with E-state index >= 15 is 0 Å². The minimum absolute atomic E-state index is 0.110. The maximum atomic E-state index is 13.9. The molecule has 1 aromatic rings. The van der Waals surface area contributed by atoms with Crippen LogP contribution in [0, 0.1) is 23.2 Å². The van der Waals surface area contributed by atoms with Gasteiger partial charge in [-0.05, 0) is 75.2 Å². The van der Waals surface area contributed by atoms with Gasteiger partial charge in [0.25, 0.3) is 5.91 Å². The normalized spacial score (nSPS) is 31.4. The van der Waals surface area contributed by atoms with Crippen LogP contribution >= 0.6 is 0 Å². The largest absolute Gasteiger partial charge is 0.434 e. The highest BCUT2D eigenvalue weighted by Gasteiger charge is 2.55. The molecule has 2 unspecified atom stereocenters. The summed E-state index contributed by atoms with van der Waals surface area (Å²) in [6, 6.07) is -0.221. The number of nitrogens with one attached hydrogen (secondary N) is 2. The zero-order valence-electron chi connectivity index (χ0n) is 19.4. The predicted molar refractivity (Wildman–Crippen MR) is 119 cm³/mol. The number of hydrogen-bond donors (Lipinski definition) is 3. The van der Waals surface area contributed by atoms with Crippen molar-refractivity contribution in [3.8, 4) is 0 Å². The highest BCUT2D eigenvalue weighted by Crippen LogP contribution is 2.59. The summed E-state index contributed by atoms with van der Waals surface area (Å²) in [4.78, 5) is 13.0. The minimum atomic E-state index is -4.85. The number of aromatic nitrogens is 2. The first-order chi connectivity index (χ1) is 15.6. The monoisotopic (exact) mass is 504 g/mol. The second kappa shape index (κ2) is 8.34. The van der Waals surface area contributed by atoms with Crippen molar-refractivity contribution in [1.82, 2.24) is 19.8 Å². The molecule has 2 atom stereocenters. The Morgan fingerprint density at radius 2 is 1.88 bits per heavy atom. The Morgan fingerprint density at radius 1 is 1.26 bits per heavy atom. The van der Waals surface area contributed by atoms with E-state index in [0.29, 0.717) is 10.6 Å². The third kappa shape index (κ3) is 5.03. The molecule has 0 aliphatic heterocycles. The third-order valence-corrected chi connectivity index (χ3v) is 8.32. The van der Waals surface area contributed by atoms with Crippen LogP contribution in [0.25, 0.3) is 6.20 Å². The maximum Gasteiger partial charge on any atom is 0.434 e. The fourth-order valence-corrected chi connectivity index (χ4v) is 7.57. The highest BCUT2D eigenvalue weighted by atomic mass is 32.2. The topological polar surface area (TPSA) is 113 Å². The van der Waals surface area contributed by atoms with E-state index < -0.39 is 38.9 Å². The lowest BCUT2D eigenvalue weighted by molar-refractivity contribution is -0.142. The first-order valence-electron chi connectivity index (χ1n) is 11.4. The van der Waals surface area contributed by atoms with E-state index in [0.717, 1.165) is 50.8 Å². The molecule has 34 heavy (non-hydrogen) atoms. The summed E-state index contributed by atoms with van der Waals surface area (Å²) in [5.41, 5.74) is -3.07. The molecule has 12 heteroatoms. The van der Waals surface area contributed by atoms with Crippen molar-refractivity contribution in [1.29, 1.82) is 0 Å². The van der Waals surface area contributed by atoms with Gasteiger partial charge >= 0.3 is 6.18 Å². The number of carbonyl (C=O) groups excluding carboxylic acids is 1. The Balaban J connectivity index is 1.56. The van der Waals surface area contributed by atoms with E-state index in [1.807, 2.05) is 0 Å². The van der Waals surface area contributed by atoms with Gasteiger partial charge in [-0.3, -0.25) is 4.79 Å². The van der Waals surface area contributed by atoms with Crippen LogP contribution in [0.2, 0.25) is 0 Å². The van der Waals surface area contributed by atoms with Crippen LogP contribution in [-0.4, -0.2) is 53.7 Å². The predicted octanol–water partition coefficient (Wildman–Crippen LogP) is 2.62. The van der Waals surface area contributed by atoms with Gasteiger partial charge in [0.05, 0.1) is 18.0 Å². The number of amides is 1. The van der Waals surface area contributed by atoms with E-state index in [2.05, 4.69) is 15.1 Å². The number of halogens is 3. The average Bonchev–Trinajstić information content (AvgIpc) is 3.12. The molecule has 4 saturated carbocycles. The van der Waals surface area contributed by atoms with Gasteiger partial charge in [-0.1, -0.05) is 0 Å². The molecule has 3 N–H and O–H groups in total. The van der Waals surface area contributed by atoms with Crippen molar-refractivity contribution >= 4 is 22.1 Å². The molecular formula is C22H31F3N4O4S. The molecular weight excluding hydrogens is 473 g/mol. The van der Waals surface area contributed by atoms with Crippen molar-refractivity contribution < 1.29 is 31.5 Å². The number of rotatable bonds is 7. The standard InChI is InChI=1S/C22H31F3N4O4S/c1-20(2,28-34(3,32)33)4-5-29-18(22(23,24)25)16(11-26-29)19(31)27-17-14-6-13-7-15(17)10-21(8-13,9-14)12-30/h4-5,11,13-15,17,28,30H,6-10,12H2,1-3H3,(H,27,31)/b5-4+/t13?,14?,15?,17-,21-. The fourth-order valence-electron chi connectivity index (χ4n) is 6.54. The smallest absolute Gasteiger partial charge is 0.396 e. The zero-order chi connectivity index (χ0) is 25.1. The lowest BCUT2D eigenvalue weighted by Gasteiger charge is -2.59. The molecule has 1 amide bonds. The van der Waals surface area contributed by atoms with Gasteiger partial charge in [-0.15, -0.1) is 0 Å². The van der Waals surface area contributed by atoms with Gasteiger partial charge in [0.2, 0.25) is 10.0 Å². The molecule has 0 radical (unpaired) electrons. The minimum Gasteiger partial charge on any atom is -0.396 e. The van der Waals surface area contributed by atoms with Gasteiger partial charge < -0.3 is 10.4 Å². The first kappa shape index (κ1) is 25.2. The third-order valence-electron chi connectivity index (χ3n) is 7.42. The number of carbonyl (C=O) groups is 1. The van der Waals surface area contributed by atoms with Crippen molar-refractivity contribution in [3.63, 3.8) is 0 Å². The van der Waals surface area contributed by atoms with Gasteiger partial charge in [0.15, 0.2) is 5.69 Å². The van der Waals surface area contributed by atoms with Crippen molar-refractivity contribution in [2.45, 2.75) is 63.7 Å². The van der Waals surface area contributed by atoms with Gasteiger partial charge in [-0.25, -0.2) is 17.8 Å². The van der Waals surface area contributed by atoms with Crippen LogP contribution in [0.1, 0.15) is 62.0 Å². The zero-order valence-corrected chi connectivity index (χ0v) is 20.2. The maximum absolute atomic E-state index is 13.9. The summed E-state index contributed by atoms with van der Waals surface area (Å²) in [6.45, 7) is 3.08. The van der Waals surface area contributed by atoms with E-state index in [4.69, 9.17) is 0 Å². The van der Waals surface area contributed by atoms with Gasteiger partial charge in [0, 0.05) is 24.4 Å². The SMILES string of the molecule is CC(C)(/C=C/n1ncc(C(=O)N[C@H]2C3CC4CC2C[C@](CO)(C4)C3)c1C(F)(F)F)NS(C)(=O)=O. The Bertz CT molecular complexity index is 1080. The summed E-state index contributed by atoms with van der Waals surface area (Å²) in [5, 5.41) is 16.5. The lowest BCUT2D eigenvalue weighted by Crippen LogP contribution is -2.60. The Morgan fingerprint density at radius 3 is 2.41 bits per heavy atom. The number of hydrogen-bond acceptors (Lipinski definition) is 5. The Kier molecular flexibility index (Phi) is 6.17. The summed E-state index contributed by atoms with van der Waals surface area (Å²) >= 11 is 0. The molecule has 4 bridgehead atoms. The van der Waals surface area contributed by atoms with E-state index in [1.54, 1.807) is 0 Å². The molecule has 190 valence electrons. The number of aliphatic hydroxyl groups excluding tert-OH is 1. The molecule has 4 fully saturated rings. The molecule has 0 aromatic carbocycles. The number of aliphatic hydroxyl groups is 1. The molecule has 8 nitrogen and oxygen atoms in total. The first-order valence-corrected chi connectivity index (χ1v) is 13.3. The fraction of sp³-hybridized carbons (Fsp3) is 0.727. The van der Waals surface area contributed by atoms with Gasteiger partial charge in [0.1, 0.15) is 0 Å². The van der Waals surface area contributed by atoms with Crippen molar-refractivity contribution in [2.24, 2.45) is 23.2 Å². The molecule has 5 rings (SSSR count). The molecule has 4 aliphatic carbocycles. The second-order valence-electron chi connectivity index (χ2n) is 10.9. The Labute approximate surface area is 197 Å². The van der Waals surface area contributed by atoms with Crippen LogP contribution in [0.5, 0.6) is 0 Å².